The minimum atomic E-state index is -3.47. The molecule has 1 aromatic carbocycles. The third-order valence-electron chi connectivity index (χ3n) is 3.84. The van der Waals surface area contributed by atoms with Crippen molar-refractivity contribution in [2.75, 3.05) is 19.6 Å². The Labute approximate surface area is 136 Å². The summed E-state index contributed by atoms with van der Waals surface area (Å²) in [7, 11) is -3.47. The quantitative estimate of drug-likeness (QED) is 0.861. The van der Waals surface area contributed by atoms with Crippen molar-refractivity contribution in [1.29, 1.82) is 0 Å². The molecule has 0 bridgehead atoms. The second kappa shape index (κ2) is 7.22. The van der Waals surface area contributed by atoms with Gasteiger partial charge in [0.15, 0.2) is 0 Å². The lowest BCUT2D eigenvalue weighted by molar-refractivity contribution is 0.264. The van der Waals surface area contributed by atoms with Crippen LogP contribution in [0.15, 0.2) is 33.6 Å². The molecule has 1 fully saturated rings. The van der Waals surface area contributed by atoms with Crippen LogP contribution in [0.2, 0.25) is 0 Å². The Balaban J connectivity index is 2.26. The first-order valence-electron chi connectivity index (χ1n) is 7.40. The molecule has 0 amide bonds. The topological polar surface area (TPSA) is 49.4 Å². The number of piperidine rings is 1. The van der Waals surface area contributed by atoms with Crippen molar-refractivity contribution in [1.82, 2.24) is 9.62 Å². The summed E-state index contributed by atoms with van der Waals surface area (Å²) in [5.74, 6) is 0.387. The van der Waals surface area contributed by atoms with E-state index in [1.54, 1.807) is 22.5 Å². The van der Waals surface area contributed by atoms with E-state index < -0.39 is 10.0 Å². The Bertz CT molecular complexity index is 569. The molecule has 1 aliphatic heterocycles. The smallest absolute Gasteiger partial charge is 0.244 e. The van der Waals surface area contributed by atoms with Gasteiger partial charge in [0.05, 0.1) is 4.90 Å². The monoisotopic (exact) mass is 374 g/mol. The summed E-state index contributed by atoms with van der Waals surface area (Å²) in [5, 5.41) is 3.35. The van der Waals surface area contributed by atoms with Gasteiger partial charge in [-0.3, -0.25) is 0 Å². The van der Waals surface area contributed by atoms with Crippen LogP contribution < -0.4 is 5.32 Å². The zero-order valence-electron chi connectivity index (χ0n) is 12.5. The maximum atomic E-state index is 12.9. The lowest BCUT2D eigenvalue weighted by Crippen LogP contribution is -2.44. The predicted molar refractivity (Wildman–Crippen MR) is 88.8 cm³/mol. The Kier molecular flexibility index (Phi) is 5.82. The van der Waals surface area contributed by atoms with Gasteiger partial charge in [-0.05, 0) is 73.8 Å². The zero-order valence-corrected chi connectivity index (χ0v) is 15.0. The molecule has 6 heteroatoms. The van der Waals surface area contributed by atoms with E-state index >= 15 is 0 Å². The van der Waals surface area contributed by atoms with Crippen molar-refractivity contribution < 1.29 is 8.42 Å². The molecule has 4 nitrogen and oxygen atoms in total. The van der Waals surface area contributed by atoms with Gasteiger partial charge in [0.2, 0.25) is 10.0 Å². The largest absolute Gasteiger partial charge is 0.316 e. The molecule has 1 aliphatic rings. The highest BCUT2D eigenvalue weighted by Gasteiger charge is 2.31. The number of rotatable bonds is 5. The van der Waals surface area contributed by atoms with Gasteiger partial charge in [0, 0.05) is 17.1 Å². The highest BCUT2D eigenvalue weighted by Crippen LogP contribution is 2.27. The average molecular weight is 375 g/mol. The molecule has 21 heavy (non-hydrogen) atoms. The van der Waals surface area contributed by atoms with Crippen LogP contribution in [-0.4, -0.2) is 38.4 Å². The van der Waals surface area contributed by atoms with E-state index in [9.17, 15) is 8.42 Å². The van der Waals surface area contributed by atoms with Crippen LogP contribution in [0.3, 0.4) is 0 Å². The van der Waals surface area contributed by atoms with E-state index in [-0.39, 0.29) is 6.04 Å². The minimum Gasteiger partial charge on any atom is -0.316 e. The predicted octanol–water partition coefficient (Wildman–Crippen LogP) is 2.85. The first-order valence-corrected chi connectivity index (χ1v) is 9.63. The second-order valence-electron chi connectivity index (χ2n) is 5.81. The Hall–Kier alpha value is -0.430. The molecule has 0 radical (unpaired) electrons. The third-order valence-corrected chi connectivity index (χ3v) is 6.89. The molecule has 1 saturated heterocycles. The standard InChI is InChI=1S/C15H23BrN2O2S/c1-12(2)18(11-13-6-5-9-17-10-13)21(19,20)15-8-4-3-7-14(15)16/h3-4,7-8,12-13,17H,5-6,9-11H2,1-2H3. The van der Waals surface area contributed by atoms with Gasteiger partial charge in [-0.2, -0.15) is 4.31 Å². The summed E-state index contributed by atoms with van der Waals surface area (Å²) < 4.78 is 28.1. The molecule has 1 unspecified atom stereocenters. The van der Waals surface area contributed by atoms with E-state index in [4.69, 9.17) is 0 Å². The van der Waals surface area contributed by atoms with E-state index in [2.05, 4.69) is 21.2 Å². The van der Waals surface area contributed by atoms with Crippen molar-refractivity contribution in [3.8, 4) is 0 Å². The number of halogens is 1. The molecule has 0 saturated carbocycles. The fourth-order valence-electron chi connectivity index (χ4n) is 2.70. The normalized spacial score (nSPS) is 20.1. The van der Waals surface area contributed by atoms with E-state index in [1.807, 2.05) is 19.9 Å². The van der Waals surface area contributed by atoms with E-state index in [0.717, 1.165) is 25.9 Å². The molecular weight excluding hydrogens is 352 g/mol. The zero-order chi connectivity index (χ0) is 15.5. The van der Waals surface area contributed by atoms with E-state index in [1.165, 1.54) is 0 Å². The van der Waals surface area contributed by atoms with Crippen LogP contribution in [-0.2, 0) is 10.0 Å². The lowest BCUT2D eigenvalue weighted by atomic mass is 9.99. The van der Waals surface area contributed by atoms with Crippen molar-refractivity contribution in [3.05, 3.63) is 28.7 Å². The number of sulfonamides is 1. The number of nitrogens with one attached hydrogen (secondary N) is 1. The SMILES string of the molecule is CC(C)N(CC1CCCNC1)S(=O)(=O)c1ccccc1Br. The minimum absolute atomic E-state index is 0.0518. The summed E-state index contributed by atoms with van der Waals surface area (Å²) in [4.78, 5) is 0.350. The third kappa shape index (κ3) is 4.06. The summed E-state index contributed by atoms with van der Waals surface area (Å²) >= 11 is 3.36. The number of hydrogen-bond donors (Lipinski definition) is 1. The Morgan fingerprint density at radius 3 is 2.67 bits per heavy atom. The van der Waals surface area contributed by atoms with Crippen molar-refractivity contribution in [3.63, 3.8) is 0 Å². The Morgan fingerprint density at radius 1 is 1.38 bits per heavy atom. The van der Waals surface area contributed by atoms with Gasteiger partial charge in [0.25, 0.3) is 0 Å². The van der Waals surface area contributed by atoms with Gasteiger partial charge in [0.1, 0.15) is 0 Å². The van der Waals surface area contributed by atoms with Gasteiger partial charge >= 0.3 is 0 Å². The van der Waals surface area contributed by atoms with Gasteiger partial charge in [-0.1, -0.05) is 12.1 Å². The van der Waals surface area contributed by atoms with Crippen LogP contribution in [0, 0.1) is 5.92 Å². The van der Waals surface area contributed by atoms with Crippen LogP contribution in [0.25, 0.3) is 0 Å². The molecule has 0 spiro atoms. The Morgan fingerprint density at radius 2 is 2.10 bits per heavy atom. The molecule has 2 rings (SSSR count). The molecule has 118 valence electrons. The first-order chi connectivity index (χ1) is 9.93. The summed E-state index contributed by atoms with van der Waals surface area (Å²) in [6, 6.07) is 6.97. The average Bonchev–Trinajstić information content (AvgIpc) is 2.45. The number of nitrogens with zero attached hydrogens (tertiary/aromatic N) is 1. The van der Waals surface area contributed by atoms with Crippen LogP contribution in [0.5, 0.6) is 0 Å². The molecular formula is C15H23BrN2O2S. The highest BCUT2D eigenvalue weighted by atomic mass is 79.9. The lowest BCUT2D eigenvalue weighted by Gasteiger charge is -2.32. The summed E-state index contributed by atoms with van der Waals surface area (Å²) in [5.41, 5.74) is 0. The van der Waals surface area contributed by atoms with Gasteiger partial charge in [-0.25, -0.2) is 8.42 Å². The highest BCUT2D eigenvalue weighted by molar-refractivity contribution is 9.10. The van der Waals surface area contributed by atoms with Crippen molar-refractivity contribution in [2.45, 2.75) is 37.6 Å². The van der Waals surface area contributed by atoms with Crippen molar-refractivity contribution in [2.24, 2.45) is 5.92 Å². The molecule has 1 atom stereocenters. The molecule has 1 heterocycles. The van der Waals surface area contributed by atoms with Crippen LogP contribution >= 0.6 is 15.9 Å². The van der Waals surface area contributed by atoms with Gasteiger partial charge < -0.3 is 5.32 Å². The fourth-order valence-corrected chi connectivity index (χ4v) is 5.38. The fraction of sp³-hybridized carbons (Fsp3) is 0.600. The molecule has 1 N–H and O–H groups in total. The molecule has 1 aromatic rings. The van der Waals surface area contributed by atoms with Crippen LogP contribution in [0.1, 0.15) is 26.7 Å². The second-order valence-corrected chi connectivity index (χ2v) is 8.52. The first kappa shape index (κ1) is 16.9. The van der Waals surface area contributed by atoms with Crippen molar-refractivity contribution >= 4 is 26.0 Å². The molecule has 0 aliphatic carbocycles. The maximum Gasteiger partial charge on any atom is 0.244 e. The maximum absolute atomic E-state index is 12.9. The number of benzene rings is 1. The molecule has 0 aromatic heterocycles. The number of hydrogen-bond acceptors (Lipinski definition) is 3. The van der Waals surface area contributed by atoms with E-state index in [0.29, 0.717) is 21.8 Å². The van der Waals surface area contributed by atoms with Crippen LogP contribution in [0.4, 0.5) is 0 Å². The van der Waals surface area contributed by atoms with Gasteiger partial charge in [-0.15, -0.1) is 0 Å². The summed E-state index contributed by atoms with van der Waals surface area (Å²) in [6.07, 6.45) is 2.20. The summed E-state index contributed by atoms with van der Waals surface area (Å²) in [6.45, 7) is 6.38.